The van der Waals surface area contributed by atoms with E-state index in [0.717, 1.165) is 30.4 Å². The minimum Gasteiger partial charge on any atom is -0.494 e. The maximum atomic E-state index is 5.41. The molecular weight excluding hydrogens is 238 g/mol. The van der Waals surface area contributed by atoms with E-state index in [1.54, 1.807) is 6.20 Å². The zero-order valence-electron chi connectivity index (χ0n) is 11.4. The van der Waals surface area contributed by atoms with Crippen LogP contribution in [0.1, 0.15) is 24.0 Å². The summed E-state index contributed by atoms with van der Waals surface area (Å²) in [6.45, 7) is 6.14. The summed E-state index contributed by atoms with van der Waals surface area (Å²) in [5, 5.41) is 3.37. The Kier molecular flexibility index (Phi) is 4.86. The van der Waals surface area contributed by atoms with Crippen LogP contribution in [0.4, 0.5) is 0 Å². The van der Waals surface area contributed by atoms with E-state index in [-0.39, 0.29) is 0 Å². The quantitative estimate of drug-likeness (QED) is 0.863. The molecule has 0 aliphatic heterocycles. The van der Waals surface area contributed by atoms with Crippen LogP contribution in [0.3, 0.4) is 0 Å². The molecule has 0 bridgehead atoms. The third-order valence-corrected chi connectivity index (χ3v) is 2.70. The Balaban J connectivity index is 1.82. The van der Waals surface area contributed by atoms with E-state index in [1.807, 2.05) is 32.0 Å². The molecule has 0 spiro atoms. The maximum absolute atomic E-state index is 5.41. The highest BCUT2D eigenvalue weighted by atomic mass is 16.5. The van der Waals surface area contributed by atoms with Gasteiger partial charge in [-0.25, -0.2) is 9.97 Å². The van der Waals surface area contributed by atoms with Crippen LogP contribution < -0.4 is 10.1 Å². The Morgan fingerprint density at radius 2 is 1.89 bits per heavy atom. The van der Waals surface area contributed by atoms with Gasteiger partial charge in [0.2, 0.25) is 0 Å². The molecule has 4 heteroatoms. The number of rotatable bonds is 6. The van der Waals surface area contributed by atoms with Crippen LogP contribution in [0.2, 0.25) is 0 Å². The van der Waals surface area contributed by atoms with Crippen LogP contribution in [0.15, 0.2) is 36.5 Å². The number of ether oxygens (including phenoxy) is 1. The molecule has 100 valence electrons. The number of benzene rings is 1. The van der Waals surface area contributed by atoms with Gasteiger partial charge < -0.3 is 10.1 Å². The van der Waals surface area contributed by atoms with Gasteiger partial charge in [0, 0.05) is 19.3 Å². The van der Waals surface area contributed by atoms with Crippen molar-refractivity contribution in [3.8, 4) is 5.75 Å². The van der Waals surface area contributed by atoms with Gasteiger partial charge >= 0.3 is 0 Å². The van der Waals surface area contributed by atoms with Gasteiger partial charge in [-0.3, -0.25) is 0 Å². The lowest BCUT2D eigenvalue weighted by molar-refractivity contribution is 0.340. The first-order valence-corrected chi connectivity index (χ1v) is 6.49. The Hall–Kier alpha value is -1.94. The lowest BCUT2D eigenvalue weighted by Crippen LogP contribution is -2.14. The van der Waals surface area contributed by atoms with Gasteiger partial charge in [-0.1, -0.05) is 12.1 Å². The SMILES string of the molecule is CCOc1ccc(CNCc2ccnc(C)n2)cc1. The Bertz CT molecular complexity index is 511. The van der Waals surface area contributed by atoms with Crippen molar-refractivity contribution in [2.75, 3.05) is 6.61 Å². The highest BCUT2D eigenvalue weighted by Gasteiger charge is 1.97. The van der Waals surface area contributed by atoms with Crippen LogP contribution >= 0.6 is 0 Å². The summed E-state index contributed by atoms with van der Waals surface area (Å²) >= 11 is 0. The second kappa shape index (κ2) is 6.85. The zero-order chi connectivity index (χ0) is 13.5. The zero-order valence-corrected chi connectivity index (χ0v) is 11.4. The molecule has 0 atom stereocenters. The fourth-order valence-corrected chi connectivity index (χ4v) is 1.81. The Morgan fingerprint density at radius 3 is 2.58 bits per heavy atom. The van der Waals surface area contributed by atoms with Crippen LogP contribution in [0.5, 0.6) is 5.75 Å². The summed E-state index contributed by atoms with van der Waals surface area (Å²) in [6, 6.07) is 10.1. The molecule has 2 rings (SSSR count). The first-order valence-electron chi connectivity index (χ1n) is 6.49. The molecule has 0 saturated carbocycles. The number of nitrogens with zero attached hydrogens (tertiary/aromatic N) is 2. The van der Waals surface area contributed by atoms with Gasteiger partial charge in [0.15, 0.2) is 0 Å². The Morgan fingerprint density at radius 1 is 1.11 bits per heavy atom. The first-order chi connectivity index (χ1) is 9.28. The number of aromatic nitrogens is 2. The van der Waals surface area contributed by atoms with Crippen molar-refractivity contribution in [1.29, 1.82) is 0 Å². The molecular formula is C15H19N3O. The van der Waals surface area contributed by atoms with E-state index in [4.69, 9.17) is 4.74 Å². The van der Waals surface area contributed by atoms with E-state index in [0.29, 0.717) is 6.61 Å². The standard InChI is InChI=1S/C15H19N3O/c1-3-19-15-6-4-13(5-7-15)10-16-11-14-8-9-17-12(2)18-14/h4-9,16H,3,10-11H2,1-2H3. The number of hydrogen-bond acceptors (Lipinski definition) is 4. The molecule has 0 amide bonds. The normalized spacial score (nSPS) is 10.4. The van der Waals surface area contributed by atoms with E-state index in [1.165, 1.54) is 5.56 Å². The highest BCUT2D eigenvalue weighted by molar-refractivity contribution is 5.27. The molecule has 0 radical (unpaired) electrons. The summed E-state index contributed by atoms with van der Waals surface area (Å²) in [4.78, 5) is 8.43. The molecule has 0 fully saturated rings. The van der Waals surface area contributed by atoms with Crippen LogP contribution in [-0.4, -0.2) is 16.6 Å². The van der Waals surface area contributed by atoms with Crippen LogP contribution in [-0.2, 0) is 13.1 Å². The van der Waals surface area contributed by atoms with E-state index >= 15 is 0 Å². The molecule has 0 saturated heterocycles. The molecule has 1 N–H and O–H groups in total. The fourth-order valence-electron chi connectivity index (χ4n) is 1.81. The third-order valence-electron chi connectivity index (χ3n) is 2.70. The highest BCUT2D eigenvalue weighted by Crippen LogP contribution is 2.11. The van der Waals surface area contributed by atoms with Gasteiger partial charge in [-0.2, -0.15) is 0 Å². The summed E-state index contributed by atoms with van der Waals surface area (Å²) in [5.41, 5.74) is 2.24. The molecule has 1 aromatic heterocycles. The van der Waals surface area contributed by atoms with Crippen molar-refractivity contribution in [1.82, 2.24) is 15.3 Å². The van der Waals surface area contributed by atoms with Crippen LogP contribution in [0.25, 0.3) is 0 Å². The molecule has 1 aromatic carbocycles. The van der Waals surface area contributed by atoms with Gasteiger partial charge in [0.1, 0.15) is 11.6 Å². The van der Waals surface area contributed by atoms with E-state index in [2.05, 4.69) is 27.4 Å². The summed E-state index contributed by atoms with van der Waals surface area (Å²) in [5.74, 6) is 1.72. The summed E-state index contributed by atoms with van der Waals surface area (Å²) in [7, 11) is 0. The molecule has 0 unspecified atom stereocenters. The molecule has 0 aliphatic carbocycles. The van der Waals surface area contributed by atoms with Gasteiger partial charge in [0.25, 0.3) is 0 Å². The lowest BCUT2D eigenvalue weighted by atomic mass is 10.2. The predicted octanol–water partition coefficient (Wildman–Crippen LogP) is 2.47. The van der Waals surface area contributed by atoms with Crippen molar-refractivity contribution < 1.29 is 4.74 Å². The molecule has 4 nitrogen and oxygen atoms in total. The van der Waals surface area contributed by atoms with Crippen molar-refractivity contribution >= 4 is 0 Å². The Labute approximate surface area is 113 Å². The van der Waals surface area contributed by atoms with Crippen molar-refractivity contribution in [3.05, 3.63) is 53.6 Å². The van der Waals surface area contributed by atoms with Crippen molar-refractivity contribution in [3.63, 3.8) is 0 Å². The first kappa shape index (κ1) is 13.5. The second-order valence-corrected chi connectivity index (χ2v) is 4.28. The van der Waals surface area contributed by atoms with Gasteiger partial charge in [-0.15, -0.1) is 0 Å². The number of hydrogen-bond donors (Lipinski definition) is 1. The van der Waals surface area contributed by atoms with E-state index < -0.39 is 0 Å². The molecule has 19 heavy (non-hydrogen) atoms. The molecule has 2 aromatic rings. The van der Waals surface area contributed by atoms with Gasteiger partial charge in [0.05, 0.1) is 12.3 Å². The average Bonchev–Trinajstić information content (AvgIpc) is 2.41. The largest absolute Gasteiger partial charge is 0.494 e. The minimum atomic E-state index is 0.699. The molecule has 1 heterocycles. The second-order valence-electron chi connectivity index (χ2n) is 4.28. The summed E-state index contributed by atoms with van der Waals surface area (Å²) < 4.78 is 5.41. The van der Waals surface area contributed by atoms with E-state index in [9.17, 15) is 0 Å². The maximum Gasteiger partial charge on any atom is 0.125 e. The minimum absolute atomic E-state index is 0.699. The number of aryl methyl sites for hydroxylation is 1. The monoisotopic (exact) mass is 257 g/mol. The van der Waals surface area contributed by atoms with Crippen LogP contribution in [0, 0.1) is 6.92 Å². The smallest absolute Gasteiger partial charge is 0.125 e. The molecule has 0 aliphatic rings. The van der Waals surface area contributed by atoms with Crippen molar-refractivity contribution in [2.24, 2.45) is 0 Å². The number of nitrogens with one attached hydrogen (secondary N) is 1. The average molecular weight is 257 g/mol. The fraction of sp³-hybridized carbons (Fsp3) is 0.333. The summed E-state index contributed by atoms with van der Waals surface area (Å²) in [6.07, 6.45) is 1.79. The predicted molar refractivity (Wildman–Crippen MR) is 74.9 cm³/mol. The van der Waals surface area contributed by atoms with Gasteiger partial charge in [-0.05, 0) is 37.6 Å². The lowest BCUT2D eigenvalue weighted by Gasteiger charge is -2.07. The third kappa shape index (κ3) is 4.34. The van der Waals surface area contributed by atoms with Crippen molar-refractivity contribution in [2.45, 2.75) is 26.9 Å². The topological polar surface area (TPSA) is 47.0 Å².